The Kier molecular flexibility index (Phi) is 12.4. The Labute approximate surface area is 318 Å². The van der Waals surface area contributed by atoms with Gasteiger partial charge in [0, 0.05) is 27.1 Å². The lowest BCUT2D eigenvalue weighted by molar-refractivity contribution is -0.114. The van der Waals surface area contributed by atoms with Crippen LogP contribution in [0.5, 0.6) is 5.75 Å². The number of aromatic nitrogens is 1. The van der Waals surface area contributed by atoms with E-state index < -0.39 is 11.8 Å². The van der Waals surface area contributed by atoms with Crippen molar-refractivity contribution in [1.29, 1.82) is 0 Å². The van der Waals surface area contributed by atoms with Crippen LogP contribution < -0.4 is 20.7 Å². The van der Waals surface area contributed by atoms with Crippen molar-refractivity contribution in [2.75, 3.05) is 16.4 Å². The zero-order chi connectivity index (χ0) is 36.3. The van der Waals surface area contributed by atoms with Gasteiger partial charge in [-0.2, -0.15) is 0 Å². The van der Waals surface area contributed by atoms with Crippen molar-refractivity contribution >= 4 is 80.9 Å². The fourth-order valence-electron chi connectivity index (χ4n) is 4.77. The maximum absolute atomic E-state index is 13.5. The van der Waals surface area contributed by atoms with Crippen LogP contribution in [0, 0.1) is 0 Å². The van der Waals surface area contributed by atoms with Crippen LogP contribution in [0.3, 0.4) is 0 Å². The first-order chi connectivity index (χ1) is 25.3. The number of carbonyl (C=O) groups excluding carboxylic acids is 3. The third kappa shape index (κ3) is 10.3. The molecule has 0 spiro atoms. The van der Waals surface area contributed by atoms with E-state index in [-0.39, 0.29) is 17.4 Å². The zero-order valence-corrected chi connectivity index (χ0v) is 30.5. The Morgan fingerprint density at radius 1 is 0.788 bits per heavy atom. The number of rotatable bonds is 13. The molecule has 8 nitrogen and oxygen atoms in total. The minimum absolute atomic E-state index is 0.0615. The van der Waals surface area contributed by atoms with Crippen molar-refractivity contribution in [2.45, 2.75) is 11.5 Å². The molecule has 6 rings (SSSR count). The molecule has 0 fully saturated rings. The van der Waals surface area contributed by atoms with Crippen molar-refractivity contribution in [2.24, 2.45) is 0 Å². The van der Waals surface area contributed by atoms with Gasteiger partial charge in [0.1, 0.15) is 18.1 Å². The molecule has 6 aromatic rings. The van der Waals surface area contributed by atoms with Crippen molar-refractivity contribution in [3.05, 3.63) is 165 Å². The van der Waals surface area contributed by atoms with Crippen molar-refractivity contribution in [1.82, 2.24) is 10.3 Å². The third-order valence-electron chi connectivity index (χ3n) is 7.42. The highest BCUT2D eigenvalue weighted by Gasteiger charge is 2.16. The maximum atomic E-state index is 13.5. The minimum atomic E-state index is -0.503. The Balaban J connectivity index is 1.06. The summed E-state index contributed by atoms with van der Waals surface area (Å²) in [6, 6.07) is 38.1. The summed E-state index contributed by atoms with van der Waals surface area (Å²) in [6.45, 7) is 0.427. The Bertz CT molecular complexity index is 2200. The molecule has 0 bridgehead atoms. The number of thioether (sulfide) groups is 1. The van der Waals surface area contributed by atoms with E-state index in [1.165, 1.54) is 23.1 Å². The number of thiazole rings is 1. The number of ether oxygens (including phenoxy) is 1. The van der Waals surface area contributed by atoms with Crippen molar-refractivity contribution in [3.63, 3.8) is 0 Å². The third-order valence-corrected chi connectivity index (χ3v) is 9.93. The Morgan fingerprint density at radius 3 is 2.21 bits per heavy atom. The highest BCUT2D eigenvalue weighted by atomic mass is 35.5. The van der Waals surface area contributed by atoms with Gasteiger partial charge >= 0.3 is 0 Å². The predicted octanol–water partition coefficient (Wildman–Crippen LogP) is 9.84. The van der Waals surface area contributed by atoms with Crippen LogP contribution in [-0.4, -0.2) is 28.5 Å². The lowest BCUT2D eigenvalue weighted by atomic mass is 10.1. The lowest BCUT2D eigenvalue weighted by Crippen LogP contribution is -2.30. The van der Waals surface area contributed by atoms with Crippen LogP contribution in [0.1, 0.15) is 21.5 Å². The van der Waals surface area contributed by atoms with Crippen LogP contribution in [0.25, 0.3) is 17.3 Å². The average molecular weight is 766 g/mol. The van der Waals surface area contributed by atoms with Crippen LogP contribution in [0.4, 0.5) is 10.8 Å². The Hall–Kier alpha value is -5.39. The van der Waals surface area contributed by atoms with Gasteiger partial charge in [0.15, 0.2) is 5.13 Å². The highest BCUT2D eigenvalue weighted by molar-refractivity contribution is 8.00. The molecule has 0 aliphatic rings. The Morgan fingerprint density at radius 2 is 1.50 bits per heavy atom. The summed E-state index contributed by atoms with van der Waals surface area (Å²) in [4.78, 5) is 44.5. The highest BCUT2D eigenvalue weighted by Crippen LogP contribution is 2.31. The molecule has 12 heteroatoms. The molecule has 1 aromatic heterocycles. The molecule has 0 aliphatic heterocycles. The molecule has 0 saturated carbocycles. The number of anilines is 2. The van der Waals surface area contributed by atoms with Crippen LogP contribution >= 0.6 is 46.3 Å². The molecule has 260 valence electrons. The van der Waals surface area contributed by atoms with E-state index in [1.807, 2.05) is 72.1 Å². The molecule has 0 radical (unpaired) electrons. The number of amides is 3. The second-order valence-electron chi connectivity index (χ2n) is 11.2. The largest absolute Gasteiger partial charge is 0.489 e. The first-order valence-electron chi connectivity index (χ1n) is 15.9. The average Bonchev–Trinajstić information content (AvgIpc) is 3.64. The number of nitrogens with one attached hydrogen (secondary N) is 3. The summed E-state index contributed by atoms with van der Waals surface area (Å²) >= 11 is 14.8. The second-order valence-corrected chi connectivity index (χ2v) is 13.9. The monoisotopic (exact) mass is 764 g/mol. The van der Waals surface area contributed by atoms with E-state index in [1.54, 1.807) is 66.7 Å². The van der Waals surface area contributed by atoms with Crippen LogP contribution in [0.15, 0.2) is 143 Å². The zero-order valence-electron chi connectivity index (χ0n) is 27.3. The van der Waals surface area contributed by atoms with Gasteiger partial charge in [0.05, 0.1) is 21.5 Å². The van der Waals surface area contributed by atoms with Gasteiger partial charge in [-0.3, -0.25) is 14.4 Å². The minimum Gasteiger partial charge on any atom is -0.489 e. The SMILES string of the molecule is O=C(CSc1ccc(NC(=O)/C(=C/c2ccc(OCc3ccccc3)cc2)NC(=O)c2ccccc2)cc1)Nc1nc(-c2ccc(Cl)c(Cl)c2)cs1. The smallest absolute Gasteiger partial charge is 0.272 e. The molecule has 52 heavy (non-hydrogen) atoms. The first-order valence-corrected chi connectivity index (χ1v) is 18.5. The van der Waals surface area contributed by atoms with E-state index in [0.717, 1.165) is 16.0 Å². The number of halogens is 2. The van der Waals surface area contributed by atoms with Crippen molar-refractivity contribution < 1.29 is 19.1 Å². The predicted molar refractivity (Wildman–Crippen MR) is 211 cm³/mol. The molecule has 0 aliphatic carbocycles. The number of benzene rings is 5. The number of hydrogen-bond donors (Lipinski definition) is 3. The molecule has 0 saturated heterocycles. The molecule has 0 unspecified atom stereocenters. The lowest BCUT2D eigenvalue weighted by Gasteiger charge is -2.12. The maximum Gasteiger partial charge on any atom is 0.272 e. The number of nitrogens with zero attached hydrogens (tertiary/aromatic N) is 1. The van der Waals surface area contributed by atoms with Gasteiger partial charge in [-0.15, -0.1) is 23.1 Å². The first kappa shape index (κ1) is 36.4. The van der Waals surface area contributed by atoms with E-state index in [4.69, 9.17) is 27.9 Å². The summed E-state index contributed by atoms with van der Waals surface area (Å²) < 4.78 is 5.89. The van der Waals surface area contributed by atoms with E-state index in [0.29, 0.717) is 50.0 Å². The topological polar surface area (TPSA) is 109 Å². The standard InChI is InChI=1S/C40H30Cl2N4O4S2/c41-33-20-13-29(22-34(33)42)36-24-52-40(45-36)46-37(47)25-51-32-18-14-30(15-19-32)43-39(49)35(44-38(48)28-9-5-2-6-10-28)21-26-11-16-31(17-12-26)50-23-27-7-3-1-4-8-27/h1-22,24H,23,25H2,(H,43,49)(H,44,48)(H,45,46,47)/b35-21-. The molecule has 5 aromatic carbocycles. The number of hydrogen-bond acceptors (Lipinski definition) is 7. The van der Waals surface area contributed by atoms with Crippen LogP contribution in [-0.2, 0) is 16.2 Å². The van der Waals surface area contributed by atoms with Gasteiger partial charge in [0.25, 0.3) is 11.8 Å². The summed E-state index contributed by atoms with van der Waals surface area (Å²) in [6.07, 6.45) is 1.61. The fraction of sp³-hybridized carbons (Fsp3) is 0.0500. The summed E-state index contributed by atoms with van der Waals surface area (Å²) in [7, 11) is 0. The molecule has 1 heterocycles. The normalized spacial score (nSPS) is 11.1. The molecular formula is C40H30Cl2N4O4S2. The van der Waals surface area contributed by atoms with Gasteiger partial charge in [-0.25, -0.2) is 4.98 Å². The fourth-order valence-corrected chi connectivity index (χ4v) is 6.50. The van der Waals surface area contributed by atoms with Crippen molar-refractivity contribution in [3.8, 4) is 17.0 Å². The summed E-state index contributed by atoms with van der Waals surface area (Å²) in [5.74, 6) is -0.303. The number of carbonyl (C=O) groups is 3. The molecular weight excluding hydrogens is 736 g/mol. The molecule has 0 atom stereocenters. The van der Waals surface area contributed by atoms with Gasteiger partial charge < -0.3 is 20.7 Å². The van der Waals surface area contributed by atoms with Gasteiger partial charge in [-0.1, -0.05) is 89.9 Å². The summed E-state index contributed by atoms with van der Waals surface area (Å²) in [5, 5.41) is 11.6. The summed E-state index contributed by atoms with van der Waals surface area (Å²) in [5.41, 5.74) is 4.22. The quantitative estimate of drug-likeness (QED) is 0.0798. The van der Waals surface area contributed by atoms with E-state index in [2.05, 4.69) is 20.9 Å². The van der Waals surface area contributed by atoms with E-state index in [9.17, 15) is 14.4 Å². The van der Waals surface area contributed by atoms with Crippen LogP contribution in [0.2, 0.25) is 10.0 Å². The molecule has 3 N–H and O–H groups in total. The van der Waals surface area contributed by atoms with Gasteiger partial charge in [-0.05, 0) is 77.9 Å². The van der Waals surface area contributed by atoms with Gasteiger partial charge in [0.2, 0.25) is 5.91 Å². The molecule has 3 amide bonds. The van der Waals surface area contributed by atoms with E-state index >= 15 is 0 Å². The second kappa shape index (κ2) is 17.7.